The number of nitrogens with one attached hydrogen (secondary N) is 4. The van der Waals surface area contributed by atoms with Gasteiger partial charge in [0.2, 0.25) is 29.5 Å². The molecule has 0 radical (unpaired) electrons. The lowest BCUT2D eigenvalue weighted by Gasteiger charge is -2.24. The van der Waals surface area contributed by atoms with Crippen LogP contribution in [0.15, 0.2) is 30.3 Å². The Morgan fingerprint density at radius 3 is 2.07 bits per heavy atom. The van der Waals surface area contributed by atoms with E-state index in [9.17, 15) is 38.7 Å². The lowest BCUT2D eigenvalue weighted by Crippen LogP contribution is -2.54. The zero-order valence-electron chi connectivity index (χ0n) is 23.7. The molecule has 4 atom stereocenters. The van der Waals surface area contributed by atoms with Crippen LogP contribution in [0.2, 0.25) is 0 Å². The van der Waals surface area contributed by atoms with Crippen LogP contribution < -0.4 is 21.3 Å². The van der Waals surface area contributed by atoms with Crippen molar-refractivity contribution in [3.8, 4) is 0 Å². The molecular weight excluding hydrogens is 554 g/mol. The molecule has 0 bridgehead atoms. The zero-order valence-corrected chi connectivity index (χ0v) is 23.7. The van der Waals surface area contributed by atoms with Gasteiger partial charge in [-0.2, -0.15) is 0 Å². The van der Waals surface area contributed by atoms with Gasteiger partial charge >= 0.3 is 11.9 Å². The van der Waals surface area contributed by atoms with E-state index in [1.54, 1.807) is 30.3 Å². The van der Waals surface area contributed by atoms with Gasteiger partial charge in [0.25, 0.3) is 0 Å². The van der Waals surface area contributed by atoms with E-state index in [2.05, 4.69) is 21.3 Å². The number of likely N-dealkylation sites (N-methyl/N-ethyl adjacent to an activating group) is 1. The Kier molecular flexibility index (Phi) is 13.4. The van der Waals surface area contributed by atoms with Crippen LogP contribution in [-0.2, 0) is 49.5 Å². The topological polar surface area (TPSA) is 210 Å². The highest BCUT2D eigenvalue weighted by Gasteiger charge is 2.31. The van der Waals surface area contributed by atoms with Crippen LogP contribution in [0.1, 0.15) is 31.2 Å². The van der Waals surface area contributed by atoms with Gasteiger partial charge in [-0.15, -0.1) is 0 Å². The van der Waals surface area contributed by atoms with Gasteiger partial charge in [0.15, 0.2) is 0 Å². The molecule has 2 rings (SSSR count). The molecule has 0 aromatic heterocycles. The lowest BCUT2D eigenvalue weighted by molar-refractivity contribution is -0.147. The van der Waals surface area contributed by atoms with Crippen LogP contribution >= 0.6 is 0 Å². The number of rotatable bonds is 5. The molecule has 5 N–H and O–H groups in total. The van der Waals surface area contributed by atoms with Gasteiger partial charge in [-0.3, -0.25) is 24.0 Å². The number of amides is 5. The van der Waals surface area contributed by atoms with Crippen molar-refractivity contribution in [2.45, 2.75) is 56.3 Å². The quantitative estimate of drug-likeness (QED) is 0.228. The third kappa shape index (κ3) is 10.8. The van der Waals surface area contributed by atoms with Gasteiger partial charge in [-0.1, -0.05) is 30.3 Å². The molecule has 1 fully saturated rings. The van der Waals surface area contributed by atoms with Crippen molar-refractivity contribution in [2.75, 3.05) is 34.4 Å². The van der Waals surface area contributed by atoms with Crippen molar-refractivity contribution in [3.05, 3.63) is 35.9 Å². The van der Waals surface area contributed by atoms with E-state index in [-0.39, 0.29) is 19.3 Å². The third-order valence-corrected chi connectivity index (χ3v) is 6.42. The molecule has 15 heteroatoms. The molecule has 5 amide bonds. The Morgan fingerprint density at radius 2 is 1.45 bits per heavy atom. The zero-order chi connectivity index (χ0) is 31.2. The number of ether oxygens (including phenoxy) is 2. The maximum Gasteiger partial charge on any atom is 0.328 e. The van der Waals surface area contributed by atoms with Crippen molar-refractivity contribution < 1.29 is 48.1 Å². The molecule has 42 heavy (non-hydrogen) atoms. The second kappa shape index (κ2) is 16.7. The largest absolute Gasteiger partial charge is 0.467 e. The predicted molar refractivity (Wildman–Crippen MR) is 145 cm³/mol. The molecular formula is C27H37N5O10. The van der Waals surface area contributed by atoms with Gasteiger partial charge in [-0.05, 0) is 12.0 Å². The molecule has 1 heterocycles. The summed E-state index contributed by atoms with van der Waals surface area (Å²) in [5.74, 6) is -5.29. The minimum atomic E-state index is -1.43. The van der Waals surface area contributed by atoms with Crippen molar-refractivity contribution >= 4 is 41.5 Å². The first-order valence-corrected chi connectivity index (χ1v) is 13.2. The number of methoxy groups -OCH3 is 2. The number of hydrogen-bond acceptors (Lipinski definition) is 10. The molecule has 1 aromatic rings. The number of carbonyl (C=O) groups excluding carboxylic acids is 7. The third-order valence-electron chi connectivity index (χ3n) is 6.42. The summed E-state index contributed by atoms with van der Waals surface area (Å²) in [5, 5.41) is 19.7. The monoisotopic (exact) mass is 591 g/mol. The molecule has 0 aliphatic carbocycles. The Balaban J connectivity index is 2.39. The normalized spacial score (nSPS) is 23.6. The summed E-state index contributed by atoms with van der Waals surface area (Å²) in [6.07, 6.45) is -1.41. The average molecular weight is 592 g/mol. The SMILES string of the molecule is COC(=O)C1CCC(=O)N(C)CC(=O)N[C@@H](C(=O)OC)CC(=O)N[C@@H](Cc2ccccc2)C(=O)N[C@@H](CO)CC(=O)N1. The standard InChI is InChI=1S/C27H37N5O10/c1-32-14-23(36)31-20(27(40)42-3)13-22(35)30-19(11-16-7-5-4-6-8-16)25(38)28-17(15-33)12-21(34)29-18(26(39)41-2)9-10-24(32)37/h4-8,17-20,33H,9-15H2,1-3H3,(H,28,38)(H,29,34)(H,30,35)(H,31,36)/t17-,18?,19+,20-/m1/s1. The van der Waals surface area contributed by atoms with Crippen molar-refractivity contribution in [2.24, 2.45) is 0 Å². The van der Waals surface area contributed by atoms with Gasteiger partial charge in [0, 0.05) is 26.3 Å². The van der Waals surface area contributed by atoms with E-state index in [1.807, 2.05) is 0 Å². The Bertz CT molecular complexity index is 1150. The van der Waals surface area contributed by atoms with Crippen LogP contribution in [0.25, 0.3) is 0 Å². The van der Waals surface area contributed by atoms with E-state index < -0.39 is 91.6 Å². The van der Waals surface area contributed by atoms with Crippen LogP contribution in [0.5, 0.6) is 0 Å². The van der Waals surface area contributed by atoms with E-state index >= 15 is 0 Å². The minimum absolute atomic E-state index is 0.0231. The summed E-state index contributed by atoms with van der Waals surface area (Å²) < 4.78 is 9.42. The first kappa shape index (κ1) is 33.7. The molecule has 1 aliphatic heterocycles. The highest BCUT2D eigenvalue weighted by atomic mass is 16.5. The maximum absolute atomic E-state index is 13.2. The number of benzene rings is 1. The fourth-order valence-electron chi connectivity index (χ4n) is 4.17. The smallest absolute Gasteiger partial charge is 0.328 e. The fourth-order valence-corrected chi connectivity index (χ4v) is 4.17. The first-order chi connectivity index (χ1) is 20.0. The second-order valence-corrected chi connectivity index (χ2v) is 9.68. The molecule has 230 valence electrons. The van der Waals surface area contributed by atoms with E-state index in [0.29, 0.717) is 5.56 Å². The highest BCUT2D eigenvalue weighted by Crippen LogP contribution is 2.08. The summed E-state index contributed by atoms with van der Waals surface area (Å²) >= 11 is 0. The maximum atomic E-state index is 13.2. The average Bonchev–Trinajstić information content (AvgIpc) is 2.96. The number of nitrogens with zero attached hydrogens (tertiary/aromatic N) is 1. The molecule has 15 nitrogen and oxygen atoms in total. The van der Waals surface area contributed by atoms with Crippen LogP contribution in [0, 0.1) is 0 Å². The van der Waals surface area contributed by atoms with E-state index in [0.717, 1.165) is 19.1 Å². The number of carbonyl (C=O) groups is 7. The molecule has 0 saturated carbocycles. The van der Waals surface area contributed by atoms with Crippen molar-refractivity contribution in [1.82, 2.24) is 26.2 Å². The molecule has 0 spiro atoms. The Morgan fingerprint density at radius 1 is 0.857 bits per heavy atom. The summed E-state index contributed by atoms with van der Waals surface area (Å²) in [6.45, 7) is -1.13. The van der Waals surface area contributed by atoms with E-state index in [4.69, 9.17) is 9.47 Å². The number of aliphatic hydroxyl groups excluding tert-OH is 1. The van der Waals surface area contributed by atoms with Crippen molar-refractivity contribution in [3.63, 3.8) is 0 Å². The lowest BCUT2D eigenvalue weighted by atomic mass is 10.0. The van der Waals surface area contributed by atoms with Crippen molar-refractivity contribution in [1.29, 1.82) is 0 Å². The number of aliphatic hydroxyl groups is 1. The van der Waals surface area contributed by atoms with Crippen LogP contribution in [-0.4, -0.2) is 110 Å². The van der Waals surface area contributed by atoms with Gasteiger partial charge < -0.3 is 40.7 Å². The molecule has 1 aromatic carbocycles. The van der Waals surface area contributed by atoms with Crippen LogP contribution in [0.4, 0.5) is 0 Å². The highest BCUT2D eigenvalue weighted by molar-refractivity contribution is 5.93. The van der Waals surface area contributed by atoms with Crippen LogP contribution in [0.3, 0.4) is 0 Å². The van der Waals surface area contributed by atoms with Gasteiger partial charge in [0.1, 0.15) is 18.1 Å². The Labute approximate surface area is 242 Å². The predicted octanol–water partition coefficient (Wildman–Crippen LogP) is -2.46. The number of esters is 2. The summed E-state index contributed by atoms with van der Waals surface area (Å²) in [6, 6.07) is 3.76. The van der Waals surface area contributed by atoms with Gasteiger partial charge in [0.05, 0.1) is 39.8 Å². The summed E-state index contributed by atoms with van der Waals surface area (Å²) in [4.78, 5) is 89.9. The summed E-state index contributed by atoms with van der Waals surface area (Å²) in [5.41, 5.74) is 0.682. The summed E-state index contributed by atoms with van der Waals surface area (Å²) in [7, 11) is 3.51. The first-order valence-electron chi connectivity index (χ1n) is 13.2. The second-order valence-electron chi connectivity index (χ2n) is 9.68. The van der Waals surface area contributed by atoms with E-state index in [1.165, 1.54) is 7.05 Å². The minimum Gasteiger partial charge on any atom is -0.467 e. The molecule has 1 unspecified atom stereocenters. The Hall–Kier alpha value is -4.53. The number of hydrogen-bond donors (Lipinski definition) is 5. The molecule has 1 aliphatic rings. The van der Waals surface area contributed by atoms with Gasteiger partial charge in [-0.25, -0.2) is 9.59 Å². The molecule has 1 saturated heterocycles. The fraction of sp³-hybridized carbons (Fsp3) is 0.519.